The molecule has 0 saturated heterocycles. The second-order valence-electron chi connectivity index (χ2n) is 16.8. The molecule has 6 amide bonds. The lowest BCUT2D eigenvalue weighted by Gasteiger charge is -2.28. The van der Waals surface area contributed by atoms with Crippen LogP contribution in [0, 0.1) is 29.6 Å². The predicted octanol–water partition coefficient (Wildman–Crippen LogP) is 2.75. The van der Waals surface area contributed by atoms with Crippen molar-refractivity contribution in [3.63, 3.8) is 0 Å². The van der Waals surface area contributed by atoms with E-state index in [0.29, 0.717) is 12.8 Å². The van der Waals surface area contributed by atoms with Crippen molar-refractivity contribution in [2.75, 3.05) is 0 Å². The summed E-state index contributed by atoms with van der Waals surface area (Å²) < 4.78 is 0. The maximum Gasteiger partial charge on any atom is 0.305 e. The quantitative estimate of drug-likeness (QED) is 0.0645. The van der Waals surface area contributed by atoms with Crippen molar-refractivity contribution in [2.45, 2.75) is 177 Å². The molecule has 15 nitrogen and oxygen atoms in total. The summed E-state index contributed by atoms with van der Waals surface area (Å²) in [5.41, 5.74) is 5.99. The van der Waals surface area contributed by atoms with Crippen LogP contribution in [0.4, 0.5) is 0 Å². The summed E-state index contributed by atoms with van der Waals surface area (Å²) in [6.45, 7) is 22.3. The van der Waals surface area contributed by atoms with Crippen LogP contribution in [-0.2, 0) is 33.6 Å². The lowest BCUT2D eigenvalue weighted by atomic mass is 9.96. The Morgan fingerprint density at radius 3 is 1.30 bits per heavy atom. The molecule has 0 aliphatic heterocycles. The summed E-state index contributed by atoms with van der Waals surface area (Å²) in [7, 11) is 0. The third-order valence-corrected chi connectivity index (χ3v) is 9.26. The summed E-state index contributed by atoms with van der Waals surface area (Å²) in [4.78, 5) is 88.3. The Bertz CT molecular complexity index is 1230. The second-order valence-corrected chi connectivity index (χ2v) is 16.8. The zero-order valence-electron chi connectivity index (χ0n) is 35.0. The van der Waals surface area contributed by atoms with E-state index in [0.717, 1.165) is 0 Å². The van der Waals surface area contributed by atoms with E-state index >= 15 is 0 Å². The average Bonchev–Trinajstić information content (AvgIpc) is 2.98. The van der Waals surface area contributed by atoms with Gasteiger partial charge in [-0.05, 0) is 57.3 Å². The van der Waals surface area contributed by atoms with Gasteiger partial charge in [0, 0.05) is 74.4 Å². The van der Waals surface area contributed by atoms with Crippen LogP contribution in [0.5, 0.6) is 0 Å². The first-order valence-electron chi connectivity index (χ1n) is 19.6. The van der Waals surface area contributed by atoms with Crippen molar-refractivity contribution in [1.29, 1.82) is 0 Å². The number of carbonyl (C=O) groups is 7. The smallest absolute Gasteiger partial charge is 0.305 e. The summed E-state index contributed by atoms with van der Waals surface area (Å²) in [6, 6.07) is -3.23. The molecular weight excluding hydrogens is 694 g/mol. The molecule has 0 saturated carbocycles. The third-order valence-electron chi connectivity index (χ3n) is 9.26. The summed E-state index contributed by atoms with van der Waals surface area (Å²) in [6.07, 6.45) is 1.06. The monoisotopic (exact) mass is 768 g/mol. The maximum atomic E-state index is 13.3. The molecule has 0 unspecified atom stereocenters. The van der Waals surface area contributed by atoms with E-state index in [1.54, 1.807) is 27.7 Å². The summed E-state index contributed by atoms with van der Waals surface area (Å²) in [5, 5.41) is 26.3. The minimum absolute atomic E-state index is 0.00944. The van der Waals surface area contributed by atoms with E-state index in [4.69, 9.17) is 5.73 Å². The summed E-state index contributed by atoms with van der Waals surface area (Å²) in [5.74, 6) is -3.08. The zero-order valence-corrected chi connectivity index (χ0v) is 35.0. The Morgan fingerprint density at radius 1 is 0.481 bits per heavy atom. The van der Waals surface area contributed by atoms with Gasteiger partial charge in [-0.25, -0.2) is 0 Å². The van der Waals surface area contributed by atoms with Gasteiger partial charge >= 0.3 is 5.97 Å². The van der Waals surface area contributed by atoms with Crippen molar-refractivity contribution in [1.82, 2.24) is 31.9 Å². The lowest BCUT2D eigenvalue weighted by molar-refractivity contribution is -0.138. The van der Waals surface area contributed by atoms with Gasteiger partial charge in [0.1, 0.15) is 0 Å². The molecule has 0 rings (SSSR count). The van der Waals surface area contributed by atoms with Crippen molar-refractivity contribution in [3.05, 3.63) is 0 Å². The number of carboxylic acids is 1. The number of carbonyl (C=O) groups excluding carboxylic acids is 6. The highest BCUT2D eigenvalue weighted by atomic mass is 16.4. The standard InChI is InChI=1S/C39H73N7O8/c1-21(2)13-29(44-33(47)15-25(9)41-36(50)19-31(40)23(5)6)17-35(49)43-28(12)27(11)39(54)46-32(24(7)8)20-37(51)42-26(10)16-34(48)45-30(14-22(3)4)18-38(52)53/h21-32H,13-20,40H2,1-12H3,(H,41,50)(H,42,51)(H,43,49)(H,44,47)(H,45,48)(H,46,54)(H,52,53)/t25-,26-,27-,28-,29-,30-,31-,32-/m0/s1. The summed E-state index contributed by atoms with van der Waals surface area (Å²) >= 11 is 0. The molecule has 0 radical (unpaired) electrons. The van der Waals surface area contributed by atoms with E-state index < -0.39 is 48.1 Å². The Morgan fingerprint density at radius 2 is 0.889 bits per heavy atom. The van der Waals surface area contributed by atoms with Crippen LogP contribution in [0.15, 0.2) is 0 Å². The highest BCUT2D eigenvalue weighted by Gasteiger charge is 2.28. The SMILES string of the molecule is CC(C)C[C@@H](CC(=O)O)NC(=O)C[C@H](C)NC(=O)C[C@H](NC(=O)[C@@H](C)[C@H](C)NC(=O)C[C@H](CC(C)C)NC(=O)C[C@H](C)NC(=O)C[C@H](N)C(C)C)C(C)C. The van der Waals surface area contributed by atoms with Crippen LogP contribution in [0.25, 0.3) is 0 Å². The largest absolute Gasteiger partial charge is 0.481 e. The molecular formula is C39H73N7O8. The van der Waals surface area contributed by atoms with Gasteiger partial charge in [-0.3, -0.25) is 33.6 Å². The Balaban J connectivity index is 5.13. The molecule has 0 aromatic carbocycles. The third kappa shape index (κ3) is 23.1. The molecule has 312 valence electrons. The fraction of sp³-hybridized carbons (Fsp3) is 0.821. The van der Waals surface area contributed by atoms with Crippen molar-refractivity contribution in [3.8, 4) is 0 Å². The van der Waals surface area contributed by atoms with Gasteiger partial charge in [-0.1, -0.05) is 62.3 Å². The molecule has 0 aliphatic carbocycles. The van der Waals surface area contributed by atoms with Crippen LogP contribution >= 0.6 is 0 Å². The van der Waals surface area contributed by atoms with Gasteiger partial charge in [0.05, 0.1) is 12.3 Å². The minimum atomic E-state index is -0.999. The van der Waals surface area contributed by atoms with E-state index in [-0.39, 0.29) is 104 Å². The van der Waals surface area contributed by atoms with E-state index in [2.05, 4.69) is 31.9 Å². The van der Waals surface area contributed by atoms with Crippen LogP contribution < -0.4 is 37.6 Å². The number of nitrogens with two attached hydrogens (primary N) is 1. The van der Waals surface area contributed by atoms with Crippen LogP contribution in [0.3, 0.4) is 0 Å². The highest BCUT2D eigenvalue weighted by molar-refractivity contribution is 5.84. The first-order chi connectivity index (χ1) is 24.9. The second kappa shape index (κ2) is 25.4. The zero-order chi connectivity index (χ0) is 41.9. The van der Waals surface area contributed by atoms with Crippen molar-refractivity contribution < 1.29 is 38.7 Å². The molecule has 0 aromatic rings. The van der Waals surface area contributed by atoms with Crippen molar-refractivity contribution in [2.24, 2.45) is 35.3 Å². The fourth-order valence-corrected chi connectivity index (χ4v) is 5.94. The van der Waals surface area contributed by atoms with Gasteiger partial charge in [0.2, 0.25) is 35.4 Å². The Hall–Kier alpha value is -3.75. The van der Waals surface area contributed by atoms with Crippen LogP contribution in [0.1, 0.15) is 134 Å². The van der Waals surface area contributed by atoms with Gasteiger partial charge in [0.15, 0.2) is 0 Å². The van der Waals surface area contributed by atoms with Gasteiger partial charge in [0.25, 0.3) is 0 Å². The van der Waals surface area contributed by atoms with Gasteiger partial charge in [-0.2, -0.15) is 0 Å². The number of hydrogen-bond donors (Lipinski definition) is 8. The molecule has 0 heterocycles. The average molecular weight is 768 g/mol. The topological polar surface area (TPSA) is 238 Å². The van der Waals surface area contributed by atoms with Crippen LogP contribution in [0.2, 0.25) is 0 Å². The van der Waals surface area contributed by atoms with E-state index in [9.17, 15) is 38.7 Å². The first kappa shape index (κ1) is 50.2. The molecule has 0 aliphatic rings. The van der Waals surface area contributed by atoms with Gasteiger partial charge < -0.3 is 42.7 Å². The minimum Gasteiger partial charge on any atom is -0.481 e. The molecule has 15 heteroatoms. The fourth-order valence-electron chi connectivity index (χ4n) is 5.94. The highest BCUT2D eigenvalue weighted by Crippen LogP contribution is 2.14. The number of hydrogen-bond acceptors (Lipinski definition) is 8. The molecule has 54 heavy (non-hydrogen) atoms. The molecule has 0 aromatic heterocycles. The Labute approximate surface area is 323 Å². The molecule has 8 atom stereocenters. The van der Waals surface area contributed by atoms with Gasteiger partial charge in [-0.15, -0.1) is 0 Å². The van der Waals surface area contributed by atoms with Crippen LogP contribution in [-0.4, -0.2) is 88.8 Å². The lowest BCUT2D eigenvalue weighted by Crippen LogP contribution is -2.50. The number of carboxylic acid groups (broad SMARTS) is 1. The molecule has 9 N–H and O–H groups in total. The van der Waals surface area contributed by atoms with E-state index in [1.165, 1.54) is 0 Å². The maximum absolute atomic E-state index is 13.3. The Kier molecular flexibility index (Phi) is 23.6. The molecule has 0 bridgehead atoms. The van der Waals surface area contributed by atoms with Crippen molar-refractivity contribution >= 4 is 41.4 Å². The number of aliphatic carboxylic acids is 1. The van der Waals surface area contributed by atoms with E-state index in [1.807, 2.05) is 55.4 Å². The molecule has 0 spiro atoms. The number of nitrogens with one attached hydrogen (secondary N) is 6. The predicted molar refractivity (Wildman–Crippen MR) is 210 cm³/mol. The molecule has 0 fully saturated rings. The number of amides is 6. The number of rotatable bonds is 26. The normalized spacial score (nSPS) is 16.0. The first-order valence-corrected chi connectivity index (χ1v) is 19.6.